The van der Waals surface area contributed by atoms with Crippen molar-refractivity contribution in [1.82, 2.24) is 19.1 Å². The molecule has 4 nitrogen and oxygen atoms in total. The molecule has 0 radical (unpaired) electrons. The van der Waals surface area contributed by atoms with E-state index in [1.807, 2.05) is 24.3 Å². The number of rotatable bonds is 6. The molecule has 0 spiro atoms. The Hall–Kier alpha value is -8.08. The molecule has 3 heterocycles. The first-order chi connectivity index (χ1) is 29.7. The molecule has 12 rings (SSSR count). The van der Waals surface area contributed by atoms with Gasteiger partial charge in [-0.1, -0.05) is 164 Å². The first-order valence-electron chi connectivity index (χ1n) is 20.4. The summed E-state index contributed by atoms with van der Waals surface area (Å²) in [7, 11) is 0. The Morgan fingerprint density at radius 3 is 1.52 bits per heavy atom. The fraction of sp³-hybridized carbons (Fsp3) is 0. The molecule has 9 aromatic carbocycles. The Kier molecular flexibility index (Phi) is 7.82. The van der Waals surface area contributed by atoms with E-state index in [9.17, 15) is 0 Å². The van der Waals surface area contributed by atoms with Gasteiger partial charge in [-0.2, -0.15) is 0 Å². The second-order valence-electron chi connectivity index (χ2n) is 15.4. The van der Waals surface area contributed by atoms with Gasteiger partial charge in [-0.3, -0.25) is 0 Å². The molecule has 0 aliphatic rings. The van der Waals surface area contributed by atoms with Crippen LogP contribution < -0.4 is 0 Å². The van der Waals surface area contributed by atoms with Gasteiger partial charge in [-0.05, 0) is 76.5 Å². The van der Waals surface area contributed by atoms with Crippen LogP contribution in [0.15, 0.2) is 218 Å². The summed E-state index contributed by atoms with van der Waals surface area (Å²) in [5, 5.41) is 7.23. The molecule has 280 valence electrons. The SMILES string of the molecule is c1ccc(-c2cccc(-n3c4ccccc4c4cc5c6ccccc6n(-c6ccc7c(-c8cc(-c9ccccc9)nc(-c9ccccc9)n8)cccc7c6)c5cc43)c2)cc1. The van der Waals surface area contributed by atoms with Crippen LogP contribution in [0.1, 0.15) is 0 Å². The van der Waals surface area contributed by atoms with Crippen LogP contribution in [-0.2, 0) is 0 Å². The molecule has 0 aliphatic carbocycles. The highest BCUT2D eigenvalue weighted by Gasteiger charge is 2.20. The van der Waals surface area contributed by atoms with Crippen LogP contribution in [0, 0.1) is 0 Å². The second kappa shape index (κ2) is 13.8. The first-order valence-corrected chi connectivity index (χ1v) is 20.4. The van der Waals surface area contributed by atoms with Crippen LogP contribution >= 0.6 is 0 Å². The van der Waals surface area contributed by atoms with Crippen LogP contribution in [0.4, 0.5) is 0 Å². The molecule has 0 saturated carbocycles. The molecule has 0 unspecified atom stereocenters. The Bertz CT molecular complexity index is 3530. The van der Waals surface area contributed by atoms with E-state index in [-0.39, 0.29) is 0 Å². The average Bonchev–Trinajstić information content (AvgIpc) is 3.83. The summed E-state index contributed by atoms with van der Waals surface area (Å²) < 4.78 is 4.87. The highest BCUT2D eigenvalue weighted by Crippen LogP contribution is 2.41. The minimum Gasteiger partial charge on any atom is -0.309 e. The Balaban J connectivity index is 1.06. The molecule has 12 aromatic rings. The maximum atomic E-state index is 5.19. The van der Waals surface area contributed by atoms with Crippen LogP contribution in [0.25, 0.3) is 111 Å². The quantitative estimate of drug-likeness (QED) is 0.169. The summed E-state index contributed by atoms with van der Waals surface area (Å²) in [6.45, 7) is 0. The highest BCUT2D eigenvalue weighted by molar-refractivity contribution is 6.19. The Labute approximate surface area is 346 Å². The van der Waals surface area contributed by atoms with Gasteiger partial charge < -0.3 is 9.13 Å². The summed E-state index contributed by atoms with van der Waals surface area (Å²) in [6.07, 6.45) is 0. The predicted molar refractivity (Wildman–Crippen MR) is 250 cm³/mol. The number of hydrogen-bond donors (Lipinski definition) is 0. The molecular weight excluding hydrogens is 729 g/mol. The molecule has 0 N–H and O–H groups in total. The lowest BCUT2D eigenvalue weighted by Crippen LogP contribution is -1.97. The van der Waals surface area contributed by atoms with Crippen molar-refractivity contribution in [2.45, 2.75) is 0 Å². The Morgan fingerprint density at radius 1 is 0.283 bits per heavy atom. The molecule has 0 bridgehead atoms. The number of aromatic nitrogens is 4. The van der Waals surface area contributed by atoms with Crippen LogP contribution in [0.2, 0.25) is 0 Å². The zero-order chi connectivity index (χ0) is 39.6. The van der Waals surface area contributed by atoms with E-state index in [1.54, 1.807) is 0 Å². The van der Waals surface area contributed by atoms with Crippen molar-refractivity contribution in [3.63, 3.8) is 0 Å². The molecular formula is C56H36N4. The Morgan fingerprint density at radius 2 is 0.833 bits per heavy atom. The number of para-hydroxylation sites is 2. The maximum absolute atomic E-state index is 5.19. The molecule has 3 aromatic heterocycles. The third-order valence-electron chi connectivity index (χ3n) is 11.9. The van der Waals surface area contributed by atoms with E-state index in [1.165, 1.54) is 54.7 Å². The normalized spacial score (nSPS) is 11.7. The first kappa shape index (κ1) is 34.0. The third kappa shape index (κ3) is 5.53. The van der Waals surface area contributed by atoms with Crippen LogP contribution in [-0.4, -0.2) is 19.1 Å². The van der Waals surface area contributed by atoms with Crippen molar-refractivity contribution < 1.29 is 0 Å². The average molecular weight is 765 g/mol. The smallest absolute Gasteiger partial charge is 0.160 e. The molecule has 0 fully saturated rings. The molecule has 4 heteroatoms. The number of fused-ring (bicyclic) bond motifs is 7. The van der Waals surface area contributed by atoms with Gasteiger partial charge in [-0.15, -0.1) is 0 Å². The van der Waals surface area contributed by atoms with Crippen LogP contribution in [0.3, 0.4) is 0 Å². The second-order valence-corrected chi connectivity index (χ2v) is 15.4. The van der Waals surface area contributed by atoms with E-state index in [0.717, 1.165) is 50.2 Å². The van der Waals surface area contributed by atoms with E-state index >= 15 is 0 Å². The maximum Gasteiger partial charge on any atom is 0.160 e. The molecule has 0 saturated heterocycles. The fourth-order valence-corrected chi connectivity index (χ4v) is 9.13. The van der Waals surface area contributed by atoms with Gasteiger partial charge in [0.15, 0.2) is 5.82 Å². The van der Waals surface area contributed by atoms with Gasteiger partial charge in [0.05, 0.1) is 33.5 Å². The lowest BCUT2D eigenvalue weighted by molar-refractivity contribution is 1.17. The van der Waals surface area contributed by atoms with Gasteiger partial charge >= 0.3 is 0 Å². The fourth-order valence-electron chi connectivity index (χ4n) is 9.13. The van der Waals surface area contributed by atoms with E-state index in [2.05, 4.69) is 203 Å². The zero-order valence-corrected chi connectivity index (χ0v) is 32.6. The molecule has 0 amide bonds. The van der Waals surface area contributed by atoms with E-state index in [0.29, 0.717) is 5.82 Å². The van der Waals surface area contributed by atoms with Crippen LogP contribution in [0.5, 0.6) is 0 Å². The lowest BCUT2D eigenvalue weighted by Gasteiger charge is -2.14. The largest absolute Gasteiger partial charge is 0.309 e. The van der Waals surface area contributed by atoms with Crippen molar-refractivity contribution in [2.75, 3.05) is 0 Å². The van der Waals surface area contributed by atoms with Gasteiger partial charge in [-0.25, -0.2) is 9.97 Å². The van der Waals surface area contributed by atoms with Crippen molar-refractivity contribution in [2.24, 2.45) is 0 Å². The summed E-state index contributed by atoms with van der Waals surface area (Å²) >= 11 is 0. The number of nitrogens with zero attached hydrogens (tertiary/aromatic N) is 4. The van der Waals surface area contributed by atoms with Gasteiger partial charge in [0.2, 0.25) is 0 Å². The molecule has 0 aliphatic heterocycles. The lowest BCUT2D eigenvalue weighted by atomic mass is 9.99. The molecule has 0 atom stereocenters. The third-order valence-corrected chi connectivity index (χ3v) is 11.9. The number of benzene rings is 9. The highest BCUT2D eigenvalue weighted by atomic mass is 15.0. The van der Waals surface area contributed by atoms with E-state index < -0.39 is 0 Å². The summed E-state index contributed by atoms with van der Waals surface area (Å²) in [5.41, 5.74) is 14.3. The van der Waals surface area contributed by atoms with Crippen molar-refractivity contribution >= 4 is 54.4 Å². The minimum absolute atomic E-state index is 0.710. The van der Waals surface area contributed by atoms with Crippen molar-refractivity contribution in [3.05, 3.63) is 218 Å². The number of hydrogen-bond acceptors (Lipinski definition) is 2. The predicted octanol–water partition coefficient (Wildman–Crippen LogP) is 14.5. The standard InChI is InChI=1S/C56H36N4/c1-4-16-37(17-5-1)40-22-14-24-42(32-40)59-52-28-12-10-25-46(52)48-34-49-47-26-11-13-29-53(47)60(55(49)36-54(48)59)43-30-31-44-41(33-43)23-15-27-45(44)51-35-50(38-18-6-2-7-19-38)57-56(58-51)39-20-8-3-9-21-39/h1-36H. The van der Waals surface area contributed by atoms with E-state index in [4.69, 9.17) is 9.97 Å². The topological polar surface area (TPSA) is 35.6 Å². The van der Waals surface area contributed by atoms with Crippen molar-refractivity contribution in [1.29, 1.82) is 0 Å². The monoisotopic (exact) mass is 764 g/mol. The zero-order valence-electron chi connectivity index (χ0n) is 32.6. The van der Waals surface area contributed by atoms with Gasteiger partial charge in [0.25, 0.3) is 0 Å². The molecule has 60 heavy (non-hydrogen) atoms. The van der Waals surface area contributed by atoms with Gasteiger partial charge in [0.1, 0.15) is 0 Å². The summed E-state index contributed by atoms with van der Waals surface area (Å²) in [4.78, 5) is 10.2. The summed E-state index contributed by atoms with van der Waals surface area (Å²) in [6, 6.07) is 78.0. The summed E-state index contributed by atoms with van der Waals surface area (Å²) in [5.74, 6) is 0.710. The van der Waals surface area contributed by atoms with Crippen molar-refractivity contribution in [3.8, 4) is 56.4 Å². The van der Waals surface area contributed by atoms with Gasteiger partial charge in [0, 0.05) is 49.6 Å². The minimum atomic E-state index is 0.710.